The molecule has 0 fully saturated rings. The Balaban J connectivity index is 1.57. The van der Waals surface area contributed by atoms with Gasteiger partial charge in [-0.15, -0.1) is 0 Å². The van der Waals surface area contributed by atoms with E-state index in [1.807, 2.05) is 29.2 Å². The summed E-state index contributed by atoms with van der Waals surface area (Å²) in [5, 5.41) is 0. The van der Waals surface area contributed by atoms with Gasteiger partial charge in [0, 0.05) is 30.2 Å². The molecule has 2 aromatic carbocycles. The van der Waals surface area contributed by atoms with Gasteiger partial charge in [0.05, 0.1) is 6.54 Å². The van der Waals surface area contributed by atoms with Crippen molar-refractivity contribution in [2.45, 2.75) is 19.3 Å². The quantitative estimate of drug-likeness (QED) is 0.868. The number of rotatable bonds is 2. The minimum absolute atomic E-state index is 0.160. The molecule has 0 saturated carbocycles. The number of nitrogens with zero attached hydrogens (tertiary/aromatic N) is 2. The van der Waals surface area contributed by atoms with Gasteiger partial charge < -0.3 is 15.5 Å². The van der Waals surface area contributed by atoms with Gasteiger partial charge in [-0.3, -0.25) is 4.79 Å². The van der Waals surface area contributed by atoms with E-state index in [0.717, 1.165) is 49.3 Å². The fourth-order valence-electron chi connectivity index (χ4n) is 3.73. The summed E-state index contributed by atoms with van der Waals surface area (Å²) in [5.74, 6) is 0.160. The largest absolute Gasteiger partial charge is 0.398 e. The van der Waals surface area contributed by atoms with Crippen LogP contribution in [0.25, 0.3) is 0 Å². The smallest absolute Gasteiger partial charge is 0.246 e. The second-order valence-corrected chi connectivity index (χ2v) is 6.29. The highest BCUT2D eigenvalue weighted by atomic mass is 16.2. The second kappa shape index (κ2) is 5.61. The molecule has 0 spiro atoms. The number of fused-ring (bicyclic) bond motifs is 2. The van der Waals surface area contributed by atoms with Crippen LogP contribution in [0.4, 0.5) is 17.1 Å². The molecule has 2 aromatic rings. The Labute approximate surface area is 136 Å². The lowest BCUT2D eigenvalue weighted by atomic mass is 10.00. The lowest BCUT2D eigenvalue weighted by Crippen LogP contribution is -2.42. The molecule has 4 heteroatoms. The lowest BCUT2D eigenvalue weighted by molar-refractivity contribution is -0.117. The Bertz CT molecular complexity index is 756. The number of nitrogen functional groups attached to an aromatic ring is 1. The van der Waals surface area contributed by atoms with E-state index < -0.39 is 0 Å². The van der Waals surface area contributed by atoms with Crippen molar-refractivity contribution >= 4 is 23.0 Å². The van der Waals surface area contributed by atoms with E-state index in [1.165, 1.54) is 11.3 Å². The number of anilines is 3. The predicted molar refractivity (Wildman–Crippen MR) is 93.9 cm³/mol. The molecule has 118 valence electrons. The topological polar surface area (TPSA) is 49.6 Å². The maximum absolute atomic E-state index is 12.9. The average molecular weight is 307 g/mol. The Morgan fingerprint density at radius 2 is 1.83 bits per heavy atom. The van der Waals surface area contributed by atoms with E-state index in [4.69, 9.17) is 5.73 Å². The highest BCUT2D eigenvalue weighted by molar-refractivity contribution is 5.98. The minimum atomic E-state index is 0.160. The van der Waals surface area contributed by atoms with Crippen LogP contribution >= 0.6 is 0 Å². The molecule has 0 atom stereocenters. The first-order chi connectivity index (χ1) is 11.2. The van der Waals surface area contributed by atoms with Crippen molar-refractivity contribution in [1.82, 2.24) is 0 Å². The summed E-state index contributed by atoms with van der Waals surface area (Å²) in [4.78, 5) is 17.0. The number of nitrogens with two attached hydrogens (primary N) is 1. The standard InChI is InChI=1S/C19H21N3O/c20-16-7-3-9-18-15(16)6-4-11-22(18)19(23)13-21-12-10-14-5-1-2-8-17(14)21/h1-3,5,7-9H,4,6,10-13,20H2. The van der Waals surface area contributed by atoms with Crippen LogP contribution in [0.15, 0.2) is 42.5 Å². The van der Waals surface area contributed by atoms with Gasteiger partial charge in [0.25, 0.3) is 0 Å². The van der Waals surface area contributed by atoms with Crippen LogP contribution in [0.1, 0.15) is 17.5 Å². The van der Waals surface area contributed by atoms with E-state index in [9.17, 15) is 4.79 Å². The summed E-state index contributed by atoms with van der Waals surface area (Å²) in [6, 6.07) is 14.2. The van der Waals surface area contributed by atoms with E-state index in [2.05, 4.69) is 23.1 Å². The molecule has 2 aliphatic rings. The van der Waals surface area contributed by atoms with E-state index in [1.54, 1.807) is 0 Å². The Kier molecular flexibility index (Phi) is 3.45. The van der Waals surface area contributed by atoms with Crippen molar-refractivity contribution in [1.29, 1.82) is 0 Å². The van der Waals surface area contributed by atoms with Gasteiger partial charge in [-0.25, -0.2) is 0 Å². The maximum atomic E-state index is 12.9. The van der Waals surface area contributed by atoms with Crippen LogP contribution in [-0.2, 0) is 17.6 Å². The van der Waals surface area contributed by atoms with Crippen LogP contribution in [0.5, 0.6) is 0 Å². The average Bonchev–Trinajstić information content (AvgIpc) is 2.98. The summed E-state index contributed by atoms with van der Waals surface area (Å²) < 4.78 is 0. The van der Waals surface area contributed by atoms with Gasteiger partial charge >= 0.3 is 0 Å². The molecular formula is C19H21N3O. The van der Waals surface area contributed by atoms with Crippen molar-refractivity contribution in [2.75, 3.05) is 35.2 Å². The zero-order valence-electron chi connectivity index (χ0n) is 13.2. The molecule has 2 N–H and O–H groups in total. The molecule has 0 unspecified atom stereocenters. The highest BCUT2D eigenvalue weighted by Gasteiger charge is 2.27. The van der Waals surface area contributed by atoms with Crippen LogP contribution < -0.4 is 15.5 Å². The van der Waals surface area contributed by atoms with Gasteiger partial charge in [0.15, 0.2) is 0 Å². The summed E-state index contributed by atoms with van der Waals surface area (Å²) in [5.41, 5.74) is 11.5. The van der Waals surface area contributed by atoms with Crippen molar-refractivity contribution < 1.29 is 4.79 Å². The Morgan fingerprint density at radius 3 is 2.74 bits per heavy atom. The first-order valence-corrected chi connectivity index (χ1v) is 8.24. The number of amides is 1. The minimum Gasteiger partial charge on any atom is -0.398 e. The molecule has 23 heavy (non-hydrogen) atoms. The van der Waals surface area contributed by atoms with E-state index in [-0.39, 0.29) is 5.91 Å². The first-order valence-electron chi connectivity index (χ1n) is 8.24. The van der Waals surface area contributed by atoms with Crippen molar-refractivity contribution in [3.8, 4) is 0 Å². The number of hydrogen-bond donors (Lipinski definition) is 1. The number of hydrogen-bond acceptors (Lipinski definition) is 3. The molecule has 0 aliphatic carbocycles. The molecule has 2 aliphatic heterocycles. The monoisotopic (exact) mass is 307 g/mol. The third kappa shape index (κ3) is 2.44. The number of para-hydroxylation sites is 1. The van der Waals surface area contributed by atoms with E-state index in [0.29, 0.717) is 6.54 Å². The zero-order chi connectivity index (χ0) is 15.8. The maximum Gasteiger partial charge on any atom is 0.246 e. The number of benzene rings is 2. The lowest BCUT2D eigenvalue weighted by Gasteiger charge is -2.32. The van der Waals surface area contributed by atoms with Crippen LogP contribution in [-0.4, -0.2) is 25.5 Å². The summed E-state index contributed by atoms with van der Waals surface area (Å²) >= 11 is 0. The molecular weight excluding hydrogens is 286 g/mol. The summed E-state index contributed by atoms with van der Waals surface area (Å²) in [7, 11) is 0. The third-order valence-electron chi connectivity index (χ3n) is 4.90. The summed E-state index contributed by atoms with van der Waals surface area (Å²) in [6.07, 6.45) is 2.95. The van der Waals surface area contributed by atoms with Crippen LogP contribution in [0.2, 0.25) is 0 Å². The number of carbonyl (C=O) groups excluding carboxylic acids is 1. The fourth-order valence-corrected chi connectivity index (χ4v) is 3.73. The van der Waals surface area contributed by atoms with Gasteiger partial charge in [0.2, 0.25) is 5.91 Å². The van der Waals surface area contributed by atoms with Crippen molar-refractivity contribution in [2.24, 2.45) is 0 Å². The highest BCUT2D eigenvalue weighted by Crippen LogP contribution is 2.32. The molecule has 0 aromatic heterocycles. The van der Waals surface area contributed by atoms with Crippen LogP contribution in [0.3, 0.4) is 0 Å². The first kappa shape index (κ1) is 14.1. The normalized spacial score (nSPS) is 16.2. The van der Waals surface area contributed by atoms with Crippen molar-refractivity contribution in [3.05, 3.63) is 53.6 Å². The Hall–Kier alpha value is -2.49. The zero-order valence-corrected chi connectivity index (χ0v) is 13.2. The molecule has 0 bridgehead atoms. The molecule has 1 amide bonds. The van der Waals surface area contributed by atoms with Crippen molar-refractivity contribution in [3.63, 3.8) is 0 Å². The molecule has 4 nitrogen and oxygen atoms in total. The SMILES string of the molecule is Nc1cccc2c1CCCN2C(=O)CN1CCc2ccccc21. The van der Waals surface area contributed by atoms with Gasteiger partial charge in [0.1, 0.15) is 0 Å². The van der Waals surface area contributed by atoms with E-state index >= 15 is 0 Å². The van der Waals surface area contributed by atoms with Gasteiger partial charge in [-0.1, -0.05) is 24.3 Å². The molecule has 0 saturated heterocycles. The van der Waals surface area contributed by atoms with Crippen LogP contribution in [0, 0.1) is 0 Å². The predicted octanol–water partition coefficient (Wildman–Crippen LogP) is 2.61. The van der Waals surface area contributed by atoms with Gasteiger partial charge in [-0.05, 0) is 48.6 Å². The second-order valence-electron chi connectivity index (χ2n) is 6.29. The molecule has 2 heterocycles. The molecule has 4 rings (SSSR count). The third-order valence-corrected chi connectivity index (χ3v) is 4.90. The fraction of sp³-hybridized carbons (Fsp3) is 0.316. The molecule has 0 radical (unpaired) electrons. The van der Waals surface area contributed by atoms with Gasteiger partial charge in [-0.2, -0.15) is 0 Å². The number of carbonyl (C=O) groups is 1. The summed E-state index contributed by atoms with van der Waals surface area (Å²) in [6.45, 7) is 2.14. The Morgan fingerprint density at radius 1 is 1.00 bits per heavy atom.